The van der Waals surface area contributed by atoms with Crippen molar-refractivity contribution in [2.24, 2.45) is 0 Å². The number of benzene rings is 1. The summed E-state index contributed by atoms with van der Waals surface area (Å²) < 4.78 is 10.8. The predicted molar refractivity (Wildman–Crippen MR) is 106 cm³/mol. The fraction of sp³-hybridized carbons (Fsp3) is 0.429. The molecule has 28 heavy (non-hydrogen) atoms. The second-order valence-corrected chi connectivity index (χ2v) is 6.82. The molecule has 7 nitrogen and oxygen atoms in total. The van der Waals surface area contributed by atoms with Crippen LogP contribution in [0.3, 0.4) is 0 Å². The SMILES string of the molecule is CCCN(C(=O)COc1cccc(NC(=O)c2ccco2)c1)C1CCNCC1. The lowest BCUT2D eigenvalue weighted by Crippen LogP contribution is -2.48. The number of anilines is 1. The topological polar surface area (TPSA) is 83.8 Å². The van der Waals surface area contributed by atoms with Crippen molar-refractivity contribution in [3.8, 4) is 5.75 Å². The van der Waals surface area contributed by atoms with Gasteiger partial charge in [-0.05, 0) is 56.6 Å². The average molecular weight is 385 g/mol. The number of furan rings is 1. The molecule has 1 aromatic heterocycles. The molecule has 1 aliphatic rings. The highest BCUT2D eigenvalue weighted by atomic mass is 16.5. The fourth-order valence-corrected chi connectivity index (χ4v) is 3.36. The van der Waals surface area contributed by atoms with E-state index in [2.05, 4.69) is 17.6 Å². The fourth-order valence-electron chi connectivity index (χ4n) is 3.36. The van der Waals surface area contributed by atoms with Gasteiger partial charge < -0.3 is 24.7 Å². The van der Waals surface area contributed by atoms with E-state index >= 15 is 0 Å². The van der Waals surface area contributed by atoms with Crippen molar-refractivity contribution in [1.82, 2.24) is 10.2 Å². The van der Waals surface area contributed by atoms with Crippen LogP contribution in [0.25, 0.3) is 0 Å². The summed E-state index contributed by atoms with van der Waals surface area (Å²) in [5.74, 6) is 0.433. The highest BCUT2D eigenvalue weighted by Gasteiger charge is 2.24. The quantitative estimate of drug-likeness (QED) is 0.730. The third-order valence-corrected chi connectivity index (χ3v) is 4.73. The number of piperidine rings is 1. The molecule has 0 spiro atoms. The maximum atomic E-state index is 12.7. The molecule has 2 aromatic rings. The van der Waals surface area contributed by atoms with Crippen LogP contribution in [0.15, 0.2) is 47.1 Å². The van der Waals surface area contributed by atoms with Gasteiger partial charge in [-0.3, -0.25) is 9.59 Å². The first kappa shape index (κ1) is 19.9. The summed E-state index contributed by atoms with van der Waals surface area (Å²) in [6, 6.07) is 10.5. The molecule has 150 valence electrons. The molecule has 1 saturated heterocycles. The Morgan fingerprint density at radius 1 is 1.25 bits per heavy atom. The lowest BCUT2D eigenvalue weighted by Gasteiger charge is -2.34. The van der Waals surface area contributed by atoms with Crippen LogP contribution < -0.4 is 15.4 Å². The second-order valence-electron chi connectivity index (χ2n) is 6.82. The Balaban J connectivity index is 1.57. The molecule has 0 radical (unpaired) electrons. The Morgan fingerprint density at radius 2 is 2.07 bits per heavy atom. The van der Waals surface area contributed by atoms with E-state index in [1.54, 1.807) is 36.4 Å². The molecule has 0 bridgehead atoms. The van der Waals surface area contributed by atoms with Crippen molar-refractivity contribution >= 4 is 17.5 Å². The number of nitrogens with one attached hydrogen (secondary N) is 2. The Labute approximate surface area is 165 Å². The maximum Gasteiger partial charge on any atom is 0.291 e. The van der Waals surface area contributed by atoms with Gasteiger partial charge in [0.2, 0.25) is 0 Å². The Hall–Kier alpha value is -2.80. The van der Waals surface area contributed by atoms with Crippen LogP contribution in [0.4, 0.5) is 5.69 Å². The van der Waals surface area contributed by atoms with Gasteiger partial charge in [-0.25, -0.2) is 0 Å². The number of hydrogen-bond acceptors (Lipinski definition) is 5. The average Bonchev–Trinajstić information content (AvgIpc) is 3.26. The standard InChI is InChI=1S/C21H27N3O4/c1-2-12-24(17-8-10-22-11-9-17)20(25)15-28-18-6-3-5-16(14-18)23-21(26)19-7-4-13-27-19/h3-7,13-14,17,22H,2,8-12,15H2,1H3,(H,23,26). The van der Waals surface area contributed by atoms with Gasteiger partial charge >= 0.3 is 0 Å². The number of carbonyl (C=O) groups is 2. The number of rotatable bonds is 8. The van der Waals surface area contributed by atoms with E-state index in [4.69, 9.17) is 9.15 Å². The second kappa shape index (κ2) is 9.94. The third-order valence-electron chi connectivity index (χ3n) is 4.73. The van der Waals surface area contributed by atoms with E-state index in [-0.39, 0.29) is 30.2 Å². The normalized spacial score (nSPS) is 14.5. The zero-order valence-electron chi connectivity index (χ0n) is 16.1. The van der Waals surface area contributed by atoms with E-state index in [1.165, 1.54) is 6.26 Å². The van der Waals surface area contributed by atoms with Crippen LogP contribution in [0.1, 0.15) is 36.7 Å². The van der Waals surface area contributed by atoms with Gasteiger partial charge in [-0.15, -0.1) is 0 Å². The number of amides is 2. The smallest absolute Gasteiger partial charge is 0.291 e. The van der Waals surface area contributed by atoms with Gasteiger partial charge in [0.15, 0.2) is 12.4 Å². The van der Waals surface area contributed by atoms with Crippen LogP contribution in [0.5, 0.6) is 5.75 Å². The van der Waals surface area contributed by atoms with Crippen LogP contribution >= 0.6 is 0 Å². The molecule has 2 N–H and O–H groups in total. The molecule has 1 fully saturated rings. The Kier molecular flexibility index (Phi) is 7.08. The first-order valence-electron chi connectivity index (χ1n) is 9.75. The largest absolute Gasteiger partial charge is 0.484 e. The van der Waals surface area contributed by atoms with E-state index in [9.17, 15) is 9.59 Å². The van der Waals surface area contributed by atoms with E-state index in [0.29, 0.717) is 11.4 Å². The number of ether oxygens (including phenoxy) is 1. The van der Waals surface area contributed by atoms with Crippen LogP contribution in [0, 0.1) is 0 Å². The maximum absolute atomic E-state index is 12.7. The van der Waals surface area contributed by atoms with Gasteiger partial charge in [0.1, 0.15) is 5.75 Å². The minimum Gasteiger partial charge on any atom is -0.484 e. The van der Waals surface area contributed by atoms with Crippen LogP contribution in [0.2, 0.25) is 0 Å². The zero-order chi connectivity index (χ0) is 19.8. The molecule has 7 heteroatoms. The van der Waals surface area contributed by atoms with E-state index < -0.39 is 0 Å². The molecule has 2 amide bonds. The minimum atomic E-state index is -0.335. The summed E-state index contributed by atoms with van der Waals surface area (Å²) in [7, 11) is 0. The van der Waals surface area contributed by atoms with Crippen molar-refractivity contribution in [2.45, 2.75) is 32.2 Å². The molecule has 3 rings (SSSR count). The first-order chi connectivity index (χ1) is 13.7. The van der Waals surface area contributed by atoms with Gasteiger partial charge in [0.25, 0.3) is 11.8 Å². The number of carbonyl (C=O) groups excluding carboxylic acids is 2. The molecule has 2 heterocycles. The zero-order valence-corrected chi connectivity index (χ0v) is 16.1. The van der Waals surface area contributed by atoms with Crippen molar-refractivity contribution in [3.05, 3.63) is 48.4 Å². The number of hydrogen-bond donors (Lipinski definition) is 2. The van der Waals surface area contributed by atoms with Crippen LogP contribution in [-0.2, 0) is 4.79 Å². The Morgan fingerprint density at radius 3 is 2.79 bits per heavy atom. The summed E-state index contributed by atoms with van der Waals surface area (Å²) >= 11 is 0. The summed E-state index contributed by atoms with van der Waals surface area (Å²) in [4.78, 5) is 26.7. The van der Waals surface area contributed by atoms with E-state index in [1.807, 2.05) is 4.90 Å². The molecule has 0 unspecified atom stereocenters. The predicted octanol–water partition coefficient (Wildman–Crippen LogP) is 2.90. The van der Waals surface area contributed by atoms with Crippen molar-refractivity contribution in [3.63, 3.8) is 0 Å². The molecule has 0 atom stereocenters. The monoisotopic (exact) mass is 385 g/mol. The Bertz CT molecular complexity index is 770. The van der Waals surface area contributed by atoms with Crippen molar-refractivity contribution in [1.29, 1.82) is 0 Å². The molecular formula is C21H27N3O4. The molecule has 0 aliphatic carbocycles. The number of nitrogens with zero attached hydrogens (tertiary/aromatic N) is 1. The van der Waals surface area contributed by atoms with Gasteiger partial charge in [0, 0.05) is 24.3 Å². The van der Waals surface area contributed by atoms with Crippen molar-refractivity contribution in [2.75, 3.05) is 31.6 Å². The van der Waals surface area contributed by atoms with E-state index in [0.717, 1.165) is 38.9 Å². The highest BCUT2D eigenvalue weighted by molar-refractivity contribution is 6.02. The third kappa shape index (κ3) is 5.36. The lowest BCUT2D eigenvalue weighted by atomic mass is 10.0. The summed E-state index contributed by atoms with van der Waals surface area (Å²) in [5.41, 5.74) is 0.579. The molecule has 1 aromatic carbocycles. The summed E-state index contributed by atoms with van der Waals surface area (Å²) in [6.07, 6.45) is 4.31. The summed E-state index contributed by atoms with van der Waals surface area (Å²) in [6.45, 7) is 4.69. The van der Waals surface area contributed by atoms with Gasteiger partial charge in [-0.2, -0.15) is 0 Å². The van der Waals surface area contributed by atoms with Gasteiger partial charge in [0.05, 0.1) is 6.26 Å². The highest BCUT2D eigenvalue weighted by Crippen LogP contribution is 2.19. The molecular weight excluding hydrogens is 358 g/mol. The lowest BCUT2D eigenvalue weighted by molar-refractivity contribution is -0.136. The van der Waals surface area contributed by atoms with Crippen molar-refractivity contribution < 1.29 is 18.7 Å². The first-order valence-corrected chi connectivity index (χ1v) is 9.75. The van der Waals surface area contributed by atoms with Gasteiger partial charge in [-0.1, -0.05) is 13.0 Å². The molecule has 1 aliphatic heterocycles. The minimum absolute atomic E-state index is 0.00114. The van der Waals surface area contributed by atoms with Crippen LogP contribution in [-0.4, -0.2) is 49.0 Å². The molecule has 0 saturated carbocycles. The summed E-state index contributed by atoms with van der Waals surface area (Å²) in [5, 5.41) is 6.08.